The van der Waals surface area contributed by atoms with Gasteiger partial charge in [-0.1, -0.05) is 54.6 Å². The zero-order valence-corrected chi connectivity index (χ0v) is 13.9. The molecule has 3 nitrogen and oxygen atoms in total. The van der Waals surface area contributed by atoms with E-state index < -0.39 is 0 Å². The van der Waals surface area contributed by atoms with E-state index in [-0.39, 0.29) is 0 Å². The van der Waals surface area contributed by atoms with Crippen LogP contribution in [0.3, 0.4) is 0 Å². The molecule has 0 saturated heterocycles. The molecule has 0 aliphatic carbocycles. The third-order valence-electron chi connectivity index (χ3n) is 4.55. The fourth-order valence-corrected chi connectivity index (χ4v) is 3.34. The van der Waals surface area contributed by atoms with Crippen LogP contribution < -0.4 is 5.32 Å². The van der Waals surface area contributed by atoms with Gasteiger partial charge in [-0.05, 0) is 35.4 Å². The molecule has 0 saturated carbocycles. The van der Waals surface area contributed by atoms with Gasteiger partial charge in [-0.3, -0.25) is 0 Å². The van der Waals surface area contributed by atoms with Gasteiger partial charge >= 0.3 is 0 Å². The summed E-state index contributed by atoms with van der Waals surface area (Å²) in [4.78, 5) is 4.63. The summed E-state index contributed by atoms with van der Waals surface area (Å²) >= 11 is 0. The van der Waals surface area contributed by atoms with Crippen molar-refractivity contribution in [3.63, 3.8) is 0 Å². The number of hydrogen-bond donors (Lipinski definition) is 1. The van der Waals surface area contributed by atoms with Crippen molar-refractivity contribution in [1.29, 1.82) is 0 Å². The number of fused-ring (bicyclic) bond motifs is 2. The number of aryl methyl sites for hydroxylation is 1. The molecule has 1 heterocycles. The second-order valence-electron chi connectivity index (χ2n) is 6.11. The molecule has 0 spiro atoms. The van der Waals surface area contributed by atoms with Crippen LogP contribution in [0.4, 0.5) is 0 Å². The van der Waals surface area contributed by atoms with Crippen molar-refractivity contribution in [1.82, 2.24) is 14.9 Å². The summed E-state index contributed by atoms with van der Waals surface area (Å²) in [6, 6.07) is 23.4. The number of rotatable bonds is 5. The van der Waals surface area contributed by atoms with Crippen LogP contribution in [0.2, 0.25) is 0 Å². The van der Waals surface area contributed by atoms with Gasteiger partial charge in [0.05, 0.1) is 11.0 Å². The average Bonchev–Trinajstić information content (AvgIpc) is 2.94. The molecule has 3 heteroatoms. The summed E-state index contributed by atoms with van der Waals surface area (Å²) in [5.41, 5.74) is 3.63. The quantitative estimate of drug-likeness (QED) is 0.557. The molecule has 4 rings (SSSR count). The molecule has 0 radical (unpaired) electrons. The van der Waals surface area contributed by atoms with Gasteiger partial charge in [0.15, 0.2) is 0 Å². The molecule has 1 N–H and O–H groups in total. The first-order chi connectivity index (χ1) is 11.8. The molecular formula is C21H21N3. The van der Waals surface area contributed by atoms with Gasteiger partial charge in [0, 0.05) is 19.6 Å². The molecule has 24 heavy (non-hydrogen) atoms. The van der Waals surface area contributed by atoms with E-state index in [1.165, 1.54) is 21.9 Å². The molecule has 3 aromatic carbocycles. The van der Waals surface area contributed by atoms with E-state index in [9.17, 15) is 0 Å². The van der Waals surface area contributed by atoms with Crippen LogP contribution in [0.1, 0.15) is 11.4 Å². The van der Waals surface area contributed by atoms with E-state index in [1.54, 1.807) is 0 Å². The number of nitrogens with one attached hydrogen (secondary N) is 1. The van der Waals surface area contributed by atoms with Crippen LogP contribution in [-0.4, -0.2) is 16.1 Å². The minimum absolute atomic E-state index is 0.882. The van der Waals surface area contributed by atoms with Crippen LogP contribution in [-0.2, 0) is 13.1 Å². The predicted molar refractivity (Wildman–Crippen MR) is 100 cm³/mol. The standard InChI is InChI=1S/C21H21N3/c1-16-23-20-11-4-5-12-21(20)24(16)14-13-22-15-18-9-6-8-17-7-2-3-10-19(17)18/h2-12,22H,13-15H2,1H3. The lowest BCUT2D eigenvalue weighted by Gasteiger charge is -2.10. The van der Waals surface area contributed by atoms with Crippen LogP contribution in [0.15, 0.2) is 66.7 Å². The molecule has 0 atom stereocenters. The minimum Gasteiger partial charge on any atom is -0.327 e. The maximum absolute atomic E-state index is 4.63. The summed E-state index contributed by atoms with van der Waals surface area (Å²) < 4.78 is 2.28. The molecule has 0 fully saturated rings. The summed E-state index contributed by atoms with van der Waals surface area (Å²) in [5.74, 6) is 1.07. The summed E-state index contributed by atoms with van der Waals surface area (Å²) in [7, 11) is 0. The van der Waals surface area contributed by atoms with Crippen molar-refractivity contribution in [2.24, 2.45) is 0 Å². The van der Waals surface area contributed by atoms with Crippen LogP contribution in [0.5, 0.6) is 0 Å². The van der Waals surface area contributed by atoms with Gasteiger partial charge in [0.25, 0.3) is 0 Å². The van der Waals surface area contributed by atoms with Crippen molar-refractivity contribution < 1.29 is 0 Å². The van der Waals surface area contributed by atoms with E-state index >= 15 is 0 Å². The van der Waals surface area contributed by atoms with E-state index in [0.29, 0.717) is 0 Å². The molecule has 0 unspecified atom stereocenters. The highest BCUT2D eigenvalue weighted by Crippen LogP contribution is 2.18. The van der Waals surface area contributed by atoms with Gasteiger partial charge in [-0.2, -0.15) is 0 Å². The second-order valence-corrected chi connectivity index (χ2v) is 6.11. The number of para-hydroxylation sites is 2. The Morgan fingerprint density at radius 3 is 2.67 bits per heavy atom. The molecule has 1 aromatic heterocycles. The summed E-state index contributed by atoms with van der Waals surface area (Å²) in [6.07, 6.45) is 0. The first-order valence-corrected chi connectivity index (χ1v) is 8.42. The number of nitrogens with zero attached hydrogens (tertiary/aromatic N) is 2. The zero-order valence-electron chi connectivity index (χ0n) is 13.9. The van der Waals surface area contributed by atoms with E-state index in [1.807, 2.05) is 6.07 Å². The third-order valence-corrected chi connectivity index (χ3v) is 4.55. The molecular weight excluding hydrogens is 294 g/mol. The molecule has 0 amide bonds. The lowest BCUT2D eigenvalue weighted by Crippen LogP contribution is -2.20. The largest absolute Gasteiger partial charge is 0.327 e. The molecule has 0 aliphatic rings. The Bertz CT molecular complexity index is 979. The van der Waals surface area contributed by atoms with Crippen molar-refractivity contribution in [2.75, 3.05) is 6.54 Å². The number of imidazole rings is 1. The van der Waals surface area contributed by atoms with Crippen LogP contribution >= 0.6 is 0 Å². The van der Waals surface area contributed by atoms with Crippen molar-refractivity contribution in [3.8, 4) is 0 Å². The first kappa shape index (κ1) is 14.9. The normalized spacial score (nSPS) is 11.4. The van der Waals surface area contributed by atoms with Crippen molar-refractivity contribution >= 4 is 21.8 Å². The lowest BCUT2D eigenvalue weighted by atomic mass is 10.0. The smallest absolute Gasteiger partial charge is 0.106 e. The Balaban J connectivity index is 1.45. The molecule has 120 valence electrons. The first-order valence-electron chi connectivity index (χ1n) is 8.42. The second kappa shape index (κ2) is 6.46. The maximum atomic E-state index is 4.63. The highest BCUT2D eigenvalue weighted by molar-refractivity contribution is 5.85. The van der Waals surface area contributed by atoms with E-state index in [0.717, 1.165) is 31.0 Å². The predicted octanol–water partition coefficient (Wildman–Crippen LogP) is 4.29. The Kier molecular flexibility index (Phi) is 4.01. The Morgan fingerprint density at radius 1 is 0.917 bits per heavy atom. The SMILES string of the molecule is Cc1nc2ccccc2n1CCNCc1cccc2ccccc12. The number of benzene rings is 3. The van der Waals surface area contributed by atoms with Gasteiger partial charge in [-0.15, -0.1) is 0 Å². The van der Waals surface area contributed by atoms with Gasteiger partial charge < -0.3 is 9.88 Å². The van der Waals surface area contributed by atoms with Gasteiger partial charge in [0.2, 0.25) is 0 Å². The average molecular weight is 315 g/mol. The van der Waals surface area contributed by atoms with E-state index in [4.69, 9.17) is 0 Å². The Labute approximate surface area is 142 Å². The molecule has 4 aromatic rings. The summed E-state index contributed by atoms with van der Waals surface area (Å²) in [6.45, 7) is 4.80. The van der Waals surface area contributed by atoms with Crippen LogP contribution in [0.25, 0.3) is 21.8 Å². The highest BCUT2D eigenvalue weighted by Gasteiger charge is 2.06. The maximum Gasteiger partial charge on any atom is 0.106 e. The Hall–Kier alpha value is -2.65. The fraction of sp³-hybridized carbons (Fsp3) is 0.190. The zero-order chi connectivity index (χ0) is 16.4. The Morgan fingerprint density at radius 2 is 1.71 bits per heavy atom. The molecule has 0 aliphatic heterocycles. The topological polar surface area (TPSA) is 29.9 Å². The number of hydrogen-bond acceptors (Lipinski definition) is 2. The summed E-state index contributed by atoms with van der Waals surface area (Å²) in [5, 5.41) is 6.21. The molecule has 0 bridgehead atoms. The lowest BCUT2D eigenvalue weighted by molar-refractivity contribution is 0.599. The minimum atomic E-state index is 0.882. The van der Waals surface area contributed by atoms with Crippen LogP contribution in [0, 0.1) is 6.92 Å². The van der Waals surface area contributed by atoms with E-state index in [2.05, 4.69) is 82.5 Å². The highest BCUT2D eigenvalue weighted by atomic mass is 15.1. The monoisotopic (exact) mass is 315 g/mol. The van der Waals surface area contributed by atoms with Crippen molar-refractivity contribution in [2.45, 2.75) is 20.0 Å². The van der Waals surface area contributed by atoms with Crippen molar-refractivity contribution in [3.05, 3.63) is 78.1 Å². The third kappa shape index (κ3) is 2.79. The fourth-order valence-electron chi connectivity index (χ4n) is 3.34. The number of aromatic nitrogens is 2. The van der Waals surface area contributed by atoms with Gasteiger partial charge in [-0.25, -0.2) is 4.98 Å². The van der Waals surface area contributed by atoms with Gasteiger partial charge in [0.1, 0.15) is 5.82 Å².